The van der Waals surface area contributed by atoms with Crippen molar-refractivity contribution in [1.82, 2.24) is 30.4 Å². The van der Waals surface area contributed by atoms with Gasteiger partial charge in [-0.1, -0.05) is 60.7 Å². The predicted octanol–water partition coefficient (Wildman–Crippen LogP) is 5.92. The van der Waals surface area contributed by atoms with Gasteiger partial charge in [0.15, 0.2) is 0 Å². The fourth-order valence-corrected chi connectivity index (χ4v) is 5.58. The summed E-state index contributed by atoms with van der Waals surface area (Å²) in [5.74, 6) is -0.468. The zero-order chi connectivity index (χ0) is 27.6. The molecule has 1 aliphatic rings. The number of nitrogens with one attached hydrogen (secondary N) is 1. The van der Waals surface area contributed by atoms with Crippen LogP contribution in [0, 0.1) is 0 Å². The lowest BCUT2D eigenvalue weighted by molar-refractivity contribution is -0.146. The molecule has 1 fully saturated rings. The third-order valence-corrected chi connectivity index (χ3v) is 7.00. The average Bonchev–Trinajstić information content (AvgIpc) is 3.40. The van der Waals surface area contributed by atoms with Crippen LogP contribution in [0.25, 0.3) is 5.69 Å². The number of benzene rings is 3. The van der Waals surface area contributed by atoms with E-state index in [1.165, 1.54) is 17.2 Å². The largest absolute Gasteiger partial charge is 0.496 e. The number of hydrogen-bond donors (Lipinski definition) is 1. The van der Waals surface area contributed by atoms with E-state index < -0.39 is 12.0 Å². The Balaban J connectivity index is 0.00000231. The van der Waals surface area contributed by atoms with Crippen molar-refractivity contribution < 1.29 is 17.9 Å². The van der Waals surface area contributed by atoms with Crippen LogP contribution in [0.15, 0.2) is 78.9 Å². The molecule has 41 heavy (non-hydrogen) atoms. The van der Waals surface area contributed by atoms with Crippen LogP contribution in [0.1, 0.15) is 42.3 Å². The maximum Gasteiger partial charge on any atom is 0.453 e. The summed E-state index contributed by atoms with van der Waals surface area (Å²) < 4.78 is 46.7. The molecule has 1 aliphatic heterocycles. The number of rotatable bonds is 7. The number of halogens is 5. The first-order valence-electron chi connectivity index (χ1n) is 12.8. The van der Waals surface area contributed by atoms with Crippen LogP contribution in [0.4, 0.5) is 13.2 Å². The van der Waals surface area contributed by atoms with Crippen LogP contribution in [0.5, 0.6) is 5.75 Å². The molecule has 3 aromatic carbocycles. The highest BCUT2D eigenvalue weighted by Crippen LogP contribution is 2.34. The van der Waals surface area contributed by atoms with Crippen molar-refractivity contribution in [3.63, 3.8) is 0 Å². The monoisotopic (exact) mass is 608 g/mol. The van der Waals surface area contributed by atoms with E-state index in [2.05, 4.69) is 88.1 Å². The van der Waals surface area contributed by atoms with Crippen molar-refractivity contribution in [3.8, 4) is 11.4 Å². The highest BCUT2D eigenvalue weighted by Gasteiger charge is 2.39. The topological polar surface area (TPSA) is 68.1 Å². The highest BCUT2D eigenvalue weighted by atomic mass is 35.5. The van der Waals surface area contributed by atoms with Gasteiger partial charge in [0, 0.05) is 42.7 Å². The molecule has 7 nitrogen and oxygen atoms in total. The van der Waals surface area contributed by atoms with Gasteiger partial charge in [-0.3, -0.25) is 4.90 Å². The van der Waals surface area contributed by atoms with E-state index in [1.54, 1.807) is 19.2 Å². The first-order valence-corrected chi connectivity index (χ1v) is 12.8. The molecule has 5 rings (SSSR count). The summed E-state index contributed by atoms with van der Waals surface area (Å²) in [7, 11) is 1.56. The minimum atomic E-state index is -4.68. The summed E-state index contributed by atoms with van der Waals surface area (Å²) in [6.07, 6.45) is -4.68. The number of ether oxygens (including phenoxy) is 1. The first kappa shape index (κ1) is 32.3. The van der Waals surface area contributed by atoms with Gasteiger partial charge >= 0.3 is 6.18 Å². The molecular formula is C29H33Cl2F3N6O. The number of tetrazole rings is 1. The molecule has 0 aliphatic carbocycles. The number of piperazine rings is 1. The second-order valence-electron chi connectivity index (χ2n) is 10.5. The molecule has 1 N–H and O–H groups in total. The molecule has 0 spiro atoms. The summed E-state index contributed by atoms with van der Waals surface area (Å²) in [6.45, 7) is 6.29. The van der Waals surface area contributed by atoms with E-state index in [1.807, 2.05) is 12.1 Å². The summed E-state index contributed by atoms with van der Waals surface area (Å²) in [6, 6.07) is 25.8. The Morgan fingerprint density at radius 1 is 0.976 bits per heavy atom. The molecule has 12 heteroatoms. The van der Waals surface area contributed by atoms with Crippen LogP contribution < -0.4 is 10.1 Å². The number of alkyl halides is 3. The quantitative estimate of drug-likeness (QED) is 0.281. The smallest absolute Gasteiger partial charge is 0.453 e. The molecule has 0 radical (unpaired) electrons. The van der Waals surface area contributed by atoms with Gasteiger partial charge in [0.2, 0.25) is 0 Å². The third kappa shape index (κ3) is 7.37. The van der Waals surface area contributed by atoms with Crippen LogP contribution >= 0.6 is 24.8 Å². The standard InChI is InChI=1S/C29H31F3N6O.2ClH/c1-28(2)19-37(18-24(33-28)26(20-10-6-4-7-11-20)21-12-8-5-9-13-21)17-22-16-23(14-15-25(22)39-3)38-27(29(30,31)32)34-35-36-38;;/h4-16,24,26,33H,17-19H2,1-3H3;2*1H. The lowest BCUT2D eigenvalue weighted by Crippen LogP contribution is -2.63. The predicted molar refractivity (Wildman–Crippen MR) is 156 cm³/mol. The van der Waals surface area contributed by atoms with E-state index in [-0.39, 0.29) is 48.0 Å². The summed E-state index contributed by atoms with van der Waals surface area (Å²) >= 11 is 0. The Labute approximate surface area is 249 Å². The molecule has 0 amide bonds. The van der Waals surface area contributed by atoms with Crippen molar-refractivity contribution in [2.45, 2.75) is 44.1 Å². The van der Waals surface area contributed by atoms with Gasteiger partial charge in [0.05, 0.1) is 12.8 Å². The Kier molecular flexibility index (Phi) is 10.4. The lowest BCUT2D eigenvalue weighted by atomic mass is 9.82. The van der Waals surface area contributed by atoms with Crippen molar-refractivity contribution >= 4 is 24.8 Å². The summed E-state index contributed by atoms with van der Waals surface area (Å²) in [5.41, 5.74) is 3.20. The number of methoxy groups -OCH3 is 1. The maximum absolute atomic E-state index is 13.5. The Morgan fingerprint density at radius 2 is 1.59 bits per heavy atom. The Bertz CT molecular complexity index is 1360. The molecule has 220 valence electrons. The number of nitrogens with zero attached hydrogens (tertiary/aromatic N) is 5. The van der Waals surface area contributed by atoms with Gasteiger partial charge < -0.3 is 10.1 Å². The van der Waals surface area contributed by atoms with Crippen molar-refractivity contribution in [2.24, 2.45) is 0 Å². The normalized spacial score (nSPS) is 17.0. The molecule has 1 unspecified atom stereocenters. The van der Waals surface area contributed by atoms with Crippen molar-refractivity contribution in [1.29, 1.82) is 0 Å². The molecule has 4 aromatic rings. The van der Waals surface area contributed by atoms with Crippen LogP contribution in [0.2, 0.25) is 0 Å². The number of hydrogen-bond acceptors (Lipinski definition) is 6. The van der Waals surface area contributed by atoms with Gasteiger partial charge in [-0.15, -0.1) is 29.9 Å². The van der Waals surface area contributed by atoms with Gasteiger partial charge in [0.1, 0.15) is 5.75 Å². The molecule has 1 aromatic heterocycles. The zero-order valence-corrected chi connectivity index (χ0v) is 24.5. The molecular weight excluding hydrogens is 576 g/mol. The van der Waals surface area contributed by atoms with Crippen LogP contribution in [0.3, 0.4) is 0 Å². The SMILES string of the molecule is COc1ccc(-n2nnnc2C(F)(F)F)cc1CN1CC(C(c2ccccc2)c2ccccc2)NC(C)(C)C1.Cl.Cl. The summed E-state index contributed by atoms with van der Waals surface area (Å²) in [5, 5.41) is 13.9. The van der Waals surface area contributed by atoms with Crippen molar-refractivity contribution in [2.75, 3.05) is 20.2 Å². The van der Waals surface area contributed by atoms with Crippen molar-refractivity contribution in [3.05, 3.63) is 101 Å². The molecule has 1 saturated heterocycles. The van der Waals surface area contributed by atoms with E-state index in [0.717, 1.165) is 18.7 Å². The average molecular weight is 610 g/mol. The molecule has 0 bridgehead atoms. The van der Waals surface area contributed by atoms with E-state index in [9.17, 15) is 13.2 Å². The maximum atomic E-state index is 13.5. The Hall–Kier alpha value is -3.18. The van der Waals surface area contributed by atoms with E-state index >= 15 is 0 Å². The van der Waals surface area contributed by atoms with Crippen LogP contribution in [-0.4, -0.2) is 56.9 Å². The van der Waals surface area contributed by atoms with Gasteiger partial charge in [-0.25, -0.2) is 0 Å². The fourth-order valence-electron chi connectivity index (χ4n) is 5.58. The second kappa shape index (κ2) is 13.2. The second-order valence-corrected chi connectivity index (χ2v) is 10.5. The first-order chi connectivity index (χ1) is 18.6. The van der Waals surface area contributed by atoms with Gasteiger partial charge in [0.25, 0.3) is 5.82 Å². The van der Waals surface area contributed by atoms with Gasteiger partial charge in [-0.2, -0.15) is 17.9 Å². The minimum Gasteiger partial charge on any atom is -0.496 e. The van der Waals surface area contributed by atoms with E-state index in [4.69, 9.17) is 4.74 Å². The third-order valence-electron chi connectivity index (χ3n) is 7.00. The van der Waals surface area contributed by atoms with Gasteiger partial charge in [-0.05, 0) is 53.6 Å². The highest BCUT2D eigenvalue weighted by molar-refractivity contribution is 5.85. The molecule has 1 atom stereocenters. The zero-order valence-electron chi connectivity index (χ0n) is 22.9. The number of aromatic nitrogens is 4. The minimum absolute atomic E-state index is 0. The van der Waals surface area contributed by atoms with Crippen LogP contribution in [-0.2, 0) is 12.7 Å². The fraction of sp³-hybridized carbons (Fsp3) is 0.345. The molecule has 0 saturated carbocycles. The lowest BCUT2D eigenvalue weighted by Gasteiger charge is -2.46. The van der Waals surface area contributed by atoms with E-state index in [0.29, 0.717) is 17.0 Å². The Morgan fingerprint density at radius 3 is 2.15 bits per heavy atom. The molecule has 2 heterocycles. The summed E-state index contributed by atoms with van der Waals surface area (Å²) in [4.78, 5) is 2.33.